The van der Waals surface area contributed by atoms with Crippen molar-refractivity contribution in [2.75, 3.05) is 0 Å². The Hall–Kier alpha value is -1.16. The first-order valence-corrected chi connectivity index (χ1v) is 4.56. The fourth-order valence-electron chi connectivity index (χ4n) is 1.32. The van der Waals surface area contributed by atoms with Gasteiger partial charge in [0, 0.05) is 11.1 Å². The molecule has 0 aromatic heterocycles. The van der Waals surface area contributed by atoms with Gasteiger partial charge in [0.05, 0.1) is 5.02 Å². The largest absolute Gasteiger partial charge is 0.435 e. The van der Waals surface area contributed by atoms with E-state index in [0.29, 0.717) is 5.56 Å². The first-order chi connectivity index (χ1) is 6.93. The minimum Gasteiger partial charge on any atom is -0.435 e. The quantitative estimate of drug-likeness (QED) is 0.749. The van der Waals surface area contributed by atoms with Gasteiger partial charge in [0.25, 0.3) is 0 Å². The molecule has 15 heavy (non-hydrogen) atoms. The van der Waals surface area contributed by atoms with Gasteiger partial charge in [0.2, 0.25) is 0 Å². The SMILES string of the molecule is CC(=O)c1c(Cl)ccc(OC(F)F)c1C. The summed E-state index contributed by atoms with van der Waals surface area (Å²) in [6, 6.07) is 2.68. The Bertz CT molecular complexity index is 391. The average Bonchev–Trinajstić information content (AvgIpc) is 2.09. The van der Waals surface area contributed by atoms with Gasteiger partial charge in [0.15, 0.2) is 5.78 Å². The monoisotopic (exact) mass is 234 g/mol. The van der Waals surface area contributed by atoms with E-state index in [9.17, 15) is 13.6 Å². The Morgan fingerprint density at radius 3 is 2.53 bits per heavy atom. The van der Waals surface area contributed by atoms with Crippen LogP contribution < -0.4 is 4.74 Å². The number of halogens is 3. The molecule has 0 aliphatic heterocycles. The van der Waals surface area contributed by atoms with Gasteiger partial charge in [-0.15, -0.1) is 0 Å². The summed E-state index contributed by atoms with van der Waals surface area (Å²) < 4.78 is 28.2. The van der Waals surface area contributed by atoms with Crippen molar-refractivity contribution >= 4 is 17.4 Å². The van der Waals surface area contributed by atoms with Gasteiger partial charge in [-0.25, -0.2) is 0 Å². The second-order valence-corrected chi connectivity index (χ2v) is 3.39. The standard InChI is InChI=1S/C10H9ClF2O2/c1-5-8(15-10(12)13)4-3-7(11)9(5)6(2)14/h3-4,10H,1-2H3. The minimum atomic E-state index is -2.91. The van der Waals surface area contributed by atoms with Crippen molar-refractivity contribution in [2.24, 2.45) is 0 Å². The number of Topliss-reactive ketones (excluding diaryl/α,β-unsaturated/α-hetero) is 1. The van der Waals surface area contributed by atoms with Gasteiger partial charge in [-0.1, -0.05) is 11.6 Å². The van der Waals surface area contributed by atoms with Crippen LogP contribution in [0.2, 0.25) is 5.02 Å². The fourth-order valence-corrected chi connectivity index (χ4v) is 1.65. The summed E-state index contributed by atoms with van der Waals surface area (Å²) in [6.45, 7) is -0.0783. The predicted octanol–water partition coefficient (Wildman–Crippen LogP) is 3.45. The van der Waals surface area contributed by atoms with Gasteiger partial charge in [-0.2, -0.15) is 8.78 Å². The third kappa shape index (κ3) is 2.65. The average molecular weight is 235 g/mol. The molecule has 0 radical (unpaired) electrons. The number of hydrogen-bond donors (Lipinski definition) is 0. The van der Waals surface area contributed by atoms with Crippen LogP contribution >= 0.6 is 11.6 Å². The topological polar surface area (TPSA) is 26.3 Å². The minimum absolute atomic E-state index is 0.0281. The molecule has 2 nitrogen and oxygen atoms in total. The lowest BCUT2D eigenvalue weighted by Crippen LogP contribution is -2.06. The van der Waals surface area contributed by atoms with E-state index < -0.39 is 6.61 Å². The van der Waals surface area contributed by atoms with Crippen LogP contribution in [0.3, 0.4) is 0 Å². The van der Waals surface area contributed by atoms with E-state index in [2.05, 4.69) is 4.74 Å². The zero-order valence-electron chi connectivity index (χ0n) is 8.18. The number of benzene rings is 1. The first-order valence-electron chi connectivity index (χ1n) is 4.18. The second kappa shape index (κ2) is 4.57. The van der Waals surface area contributed by atoms with Crippen molar-refractivity contribution in [3.8, 4) is 5.75 Å². The van der Waals surface area contributed by atoms with Gasteiger partial charge in [-0.05, 0) is 26.0 Å². The van der Waals surface area contributed by atoms with E-state index in [4.69, 9.17) is 11.6 Å². The molecule has 82 valence electrons. The summed E-state index contributed by atoms with van der Waals surface area (Å²) in [5.74, 6) is -0.309. The summed E-state index contributed by atoms with van der Waals surface area (Å²) in [5.41, 5.74) is 0.546. The molecular weight excluding hydrogens is 226 g/mol. The van der Waals surface area contributed by atoms with Crippen molar-refractivity contribution in [1.82, 2.24) is 0 Å². The predicted molar refractivity (Wildman–Crippen MR) is 52.8 cm³/mol. The van der Waals surface area contributed by atoms with Gasteiger partial charge < -0.3 is 4.74 Å². The number of ether oxygens (including phenoxy) is 1. The van der Waals surface area contributed by atoms with E-state index in [-0.39, 0.29) is 22.1 Å². The zero-order chi connectivity index (χ0) is 11.6. The van der Waals surface area contributed by atoms with Crippen molar-refractivity contribution < 1.29 is 18.3 Å². The molecule has 0 spiro atoms. The molecule has 1 aromatic carbocycles. The highest BCUT2D eigenvalue weighted by Crippen LogP contribution is 2.29. The highest BCUT2D eigenvalue weighted by molar-refractivity contribution is 6.34. The van der Waals surface area contributed by atoms with E-state index in [1.807, 2.05) is 0 Å². The lowest BCUT2D eigenvalue weighted by Gasteiger charge is -2.11. The lowest BCUT2D eigenvalue weighted by atomic mass is 10.0. The summed E-state index contributed by atoms with van der Waals surface area (Å²) >= 11 is 5.77. The first kappa shape index (κ1) is 11.9. The van der Waals surface area contributed by atoms with Crippen LogP contribution in [0, 0.1) is 6.92 Å². The molecule has 5 heteroatoms. The molecule has 0 saturated heterocycles. The van der Waals surface area contributed by atoms with Gasteiger partial charge in [0.1, 0.15) is 5.75 Å². The fraction of sp³-hybridized carbons (Fsp3) is 0.300. The number of rotatable bonds is 3. The summed E-state index contributed by atoms with van der Waals surface area (Å²) in [6.07, 6.45) is 0. The molecular formula is C10H9ClF2O2. The molecule has 0 unspecified atom stereocenters. The third-order valence-electron chi connectivity index (χ3n) is 1.93. The molecule has 0 atom stereocenters. The number of alkyl halides is 2. The Balaban J connectivity index is 3.22. The Kier molecular flexibility index (Phi) is 3.63. The van der Waals surface area contributed by atoms with Crippen LogP contribution in [-0.4, -0.2) is 12.4 Å². The number of hydrogen-bond acceptors (Lipinski definition) is 2. The molecule has 1 rings (SSSR count). The van der Waals surface area contributed by atoms with Gasteiger partial charge >= 0.3 is 6.61 Å². The van der Waals surface area contributed by atoms with E-state index in [1.165, 1.54) is 26.0 Å². The van der Waals surface area contributed by atoms with Crippen LogP contribution in [0.5, 0.6) is 5.75 Å². The maximum absolute atomic E-state index is 12.0. The van der Waals surface area contributed by atoms with Crippen LogP contribution in [0.15, 0.2) is 12.1 Å². The second-order valence-electron chi connectivity index (χ2n) is 2.98. The molecule has 0 fully saturated rings. The smallest absolute Gasteiger partial charge is 0.387 e. The van der Waals surface area contributed by atoms with E-state index >= 15 is 0 Å². The van der Waals surface area contributed by atoms with Crippen LogP contribution in [0.25, 0.3) is 0 Å². The Labute approximate surface area is 90.8 Å². The van der Waals surface area contributed by atoms with Crippen molar-refractivity contribution in [2.45, 2.75) is 20.5 Å². The van der Waals surface area contributed by atoms with Crippen molar-refractivity contribution in [1.29, 1.82) is 0 Å². The normalized spacial score (nSPS) is 10.5. The molecule has 0 bridgehead atoms. The van der Waals surface area contributed by atoms with Crippen LogP contribution in [-0.2, 0) is 0 Å². The molecule has 0 saturated carbocycles. The maximum Gasteiger partial charge on any atom is 0.387 e. The molecule has 0 aliphatic rings. The summed E-state index contributed by atoms with van der Waals surface area (Å²) in [7, 11) is 0. The third-order valence-corrected chi connectivity index (χ3v) is 2.25. The maximum atomic E-state index is 12.0. The van der Waals surface area contributed by atoms with Crippen LogP contribution in [0.1, 0.15) is 22.8 Å². The zero-order valence-corrected chi connectivity index (χ0v) is 8.94. The van der Waals surface area contributed by atoms with Crippen molar-refractivity contribution in [3.05, 3.63) is 28.3 Å². The molecule has 0 aliphatic carbocycles. The highest BCUT2D eigenvalue weighted by atomic mass is 35.5. The lowest BCUT2D eigenvalue weighted by molar-refractivity contribution is -0.0503. The Morgan fingerprint density at radius 1 is 1.47 bits per heavy atom. The van der Waals surface area contributed by atoms with Crippen LogP contribution in [0.4, 0.5) is 8.78 Å². The molecule has 0 N–H and O–H groups in total. The van der Waals surface area contributed by atoms with E-state index in [1.54, 1.807) is 0 Å². The molecule has 0 heterocycles. The van der Waals surface area contributed by atoms with Gasteiger partial charge in [-0.3, -0.25) is 4.79 Å². The molecule has 1 aromatic rings. The highest BCUT2D eigenvalue weighted by Gasteiger charge is 2.15. The van der Waals surface area contributed by atoms with Crippen molar-refractivity contribution in [3.63, 3.8) is 0 Å². The summed E-state index contributed by atoms with van der Waals surface area (Å²) in [5, 5.41) is 0.238. The number of ketones is 1. The summed E-state index contributed by atoms with van der Waals surface area (Å²) in [4.78, 5) is 11.2. The number of carbonyl (C=O) groups excluding carboxylic acids is 1. The van der Waals surface area contributed by atoms with E-state index in [0.717, 1.165) is 0 Å². The molecule has 0 amide bonds. The Morgan fingerprint density at radius 2 is 2.07 bits per heavy atom. The number of carbonyl (C=O) groups is 1.